The van der Waals surface area contributed by atoms with E-state index in [1.54, 1.807) is 6.07 Å². The lowest BCUT2D eigenvalue weighted by atomic mass is 10.0. The van der Waals surface area contributed by atoms with Crippen molar-refractivity contribution in [3.05, 3.63) is 46.6 Å². The van der Waals surface area contributed by atoms with Crippen molar-refractivity contribution in [2.45, 2.75) is 29.5 Å². The van der Waals surface area contributed by atoms with Crippen LogP contribution in [0, 0.1) is 5.82 Å². The summed E-state index contributed by atoms with van der Waals surface area (Å²) in [6, 6.07) is 7.86. The standard InChI is InChI=1S/C16H16ClFN2O3S2/c17-14-8-9-15(24-14)25(22,23)20-10-4-3-7-13(20)16(21)19-12-6-2-1-5-11(12)18/h1-2,5-6,8-9,13H,3-4,7,10H2,(H,19,21)/t13-/m1/s1. The normalized spacial score (nSPS) is 18.9. The van der Waals surface area contributed by atoms with E-state index in [9.17, 15) is 17.6 Å². The number of benzene rings is 1. The Kier molecular flexibility index (Phi) is 5.43. The van der Waals surface area contributed by atoms with E-state index >= 15 is 0 Å². The number of thiophene rings is 1. The maximum Gasteiger partial charge on any atom is 0.253 e. The van der Waals surface area contributed by atoms with Gasteiger partial charge in [-0.3, -0.25) is 4.79 Å². The first-order chi connectivity index (χ1) is 11.9. The van der Waals surface area contributed by atoms with Crippen molar-refractivity contribution in [2.24, 2.45) is 0 Å². The van der Waals surface area contributed by atoms with Gasteiger partial charge in [0.15, 0.2) is 0 Å². The molecule has 1 amide bonds. The van der Waals surface area contributed by atoms with E-state index in [2.05, 4.69) is 5.32 Å². The minimum absolute atomic E-state index is 0.0367. The molecule has 0 spiro atoms. The molecule has 0 unspecified atom stereocenters. The molecule has 134 valence electrons. The highest BCUT2D eigenvalue weighted by Crippen LogP contribution is 2.32. The van der Waals surface area contributed by atoms with Gasteiger partial charge >= 0.3 is 0 Å². The number of carbonyl (C=O) groups is 1. The molecule has 0 radical (unpaired) electrons. The lowest BCUT2D eigenvalue weighted by Crippen LogP contribution is -2.49. The fourth-order valence-corrected chi connectivity index (χ4v) is 6.05. The molecule has 2 heterocycles. The van der Waals surface area contributed by atoms with E-state index in [4.69, 9.17) is 11.6 Å². The Hall–Kier alpha value is -1.48. The minimum atomic E-state index is -3.82. The van der Waals surface area contributed by atoms with Crippen molar-refractivity contribution < 1.29 is 17.6 Å². The molecule has 1 saturated heterocycles. The average molecular weight is 403 g/mol. The summed E-state index contributed by atoms with van der Waals surface area (Å²) in [4.78, 5) is 12.6. The molecule has 1 N–H and O–H groups in total. The van der Waals surface area contributed by atoms with Crippen LogP contribution in [-0.2, 0) is 14.8 Å². The summed E-state index contributed by atoms with van der Waals surface area (Å²) in [5.74, 6) is -1.10. The number of sulfonamides is 1. The summed E-state index contributed by atoms with van der Waals surface area (Å²) in [5.41, 5.74) is 0.0367. The quantitative estimate of drug-likeness (QED) is 0.847. The van der Waals surface area contributed by atoms with Crippen LogP contribution >= 0.6 is 22.9 Å². The number of nitrogens with one attached hydrogen (secondary N) is 1. The Morgan fingerprint density at radius 1 is 1.24 bits per heavy atom. The predicted molar refractivity (Wildman–Crippen MR) is 95.9 cm³/mol. The molecule has 9 heteroatoms. The Morgan fingerprint density at radius 3 is 2.68 bits per heavy atom. The van der Waals surface area contributed by atoms with Gasteiger partial charge in [-0.15, -0.1) is 11.3 Å². The highest BCUT2D eigenvalue weighted by atomic mass is 35.5. The van der Waals surface area contributed by atoms with Crippen molar-refractivity contribution in [1.29, 1.82) is 0 Å². The molecule has 1 aliphatic rings. The van der Waals surface area contributed by atoms with Crippen molar-refractivity contribution in [3.8, 4) is 0 Å². The molecular weight excluding hydrogens is 387 g/mol. The van der Waals surface area contributed by atoms with Crippen LogP contribution in [0.1, 0.15) is 19.3 Å². The molecule has 1 aliphatic heterocycles. The van der Waals surface area contributed by atoms with E-state index in [0.29, 0.717) is 17.2 Å². The minimum Gasteiger partial charge on any atom is -0.322 e. The number of hydrogen-bond acceptors (Lipinski definition) is 4. The summed E-state index contributed by atoms with van der Waals surface area (Å²) >= 11 is 6.80. The van der Waals surface area contributed by atoms with Crippen LogP contribution in [-0.4, -0.2) is 31.2 Å². The smallest absolute Gasteiger partial charge is 0.253 e. The van der Waals surface area contributed by atoms with Crippen LogP contribution in [0.25, 0.3) is 0 Å². The molecule has 2 aromatic rings. The van der Waals surface area contributed by atoms with Gasteiger partial charge < -0.3 is 5.32 Å². The van der Waals surface area contributed by atoms with E-state index in [1.807, 2.05) is 0 Å². The van der Waals surface area contributed by atoms with Crippen molar-refractivity contribution in [1.82, 2.24) is 4.31 Å². The SMILES string of the molecule is O=C(Nc1ccccc1F)[C@H]1CCCCN1S(=O)(=O)c1ccc(Cl)s1. The predicted octanol–water partition coefficient (Wildman–Crippen LogP) is 3.72. The monoisotopic (exact) mass is 402 g/mol. The van der Waals surface area contributed by atoms with Gasteiger partial charge in [0.05, 0.1) is 10.0 Å². The zero-order valence-corrected chi connectivity index (χ0v) is 15.5. The number of rotatable bonds is 4. The van der Waals surface area contributed by atoms with Crippen LogP contribution in [0.2, 0.25) is 4.34 Å². The molecule has 1 fully saturated rings. The average Bonchev–Trinajstić information content (AvgIpc) is 3.04. The summed E-state index contributed by atoms with van der Waals surface area (Å²) < 4.78 is 41.1. The van der Waals surface area contributed by atoms with Crippen LogP contribution in [0.15, 0.2) is 40.6 Å². The van der Waals surface area contributed by atoms with Gasteiger partial charge in [-0.05, 0) is 37.1 Å². The van der Waals surface area contributed by atoms with Gasteiger partial charge in [-0.1, -0.05) is 30.2 Å². The van der Waals surface area contributed by atoms with Crippen LogP contribution in [0.4, 0.5) is 10.1 Å². The number of hydrogen-bond donors (Lipinski definition) is 1. The van der Waals surface area contributed by atoms with Gasteiger partial charge in [-0.2, -0.15) is 4.31 Å². The number of piperidine rings is 1. The van der Waals surface area contributed by atoms with Crippen molar-refractivity contribution in [3.63, 3.8) is 0 Å². The third-order valence-corrected chi connectivity index (χ3v) is 7.61. The van der Waals surface area contributed by atoms with Crippen LogP contribution < -0.4 is 5.32 Å². The molecular formula is C16H16ClFN2O3S2. The summed E-state index contributed by atoms with van der Waals surface area (Å²) in [6.07, 6.45) is 1.78. The summed E-state index contributed by atoms with van der Waals surface area (Å²) in [5, 5.41) is 2.50. The van der Waals surface area contributed by atoms with E-state index in [-0.39, 0.29) is 16.4 Å². The molecule has 1 aromatic heterocycles. The second kappa shape index (κ2) is 7.41. The number of carbonyl (C=O) groups excluding carboxylic acids is 1. The Labute approximate surface area is 154 Å². The number of halogens is 2. The fourth-order valence-electron chi connectivity index (χ4n) is 2.79. The zero-order valence-electron chi connectivity index (χ0n) is 13.1. The first-order valence-electron chi connectivity index (χ1n) is 7.72. The molecule has 5 nitrogen and oxygen atoms in total. The molecule has 1 atom stereocenters. The maximum atomic E-state index is 13.8. The van der Waals surface area contributed by atoms with Crippen LogP contribution in [0.3, 0.4) is 0 Å². The number of amides is 1. The highest BCUT2D eigenvalue weighted by Gasteiger charge is 2.38. The van der Waals surface area contributed by atoms with Gasteiger partial charge in [0.2, 0.25) is 5.91 Å². The van der Waals surface area contributed by atoms with E-state index in [0.717, 1.165) is 17.8 Å². The van der Waals surface area contributed by atoms with Gasteiger partial charge in [-0.25, -0.2) is 12.8 Å². The van der Waals surface area contributed by atoms with E-state index < -0.39 is 27.8 Å². The maximum absolute atomic E-state index is 13.8. The number of anilines is 1. The molecule has 0 saturated carbocycles. The highest BCUT2D eigenvalue weighted by molar-refractivity contribution is 7.91. The lowest BCUT2D eigenvalue weighted by molar-refractivity contribution is -0.120. The summed E-state index contributed by atoms with van der Waals surface area (Å²) in [6.45, 7) is 0.243. The largest absolute Gasteiger partial charge is 0.322 e. The third-order valence-electron chi connectivity index (χ3n) is 4.00. The Balaban J connectivity index is 1.86. The molecule has 25 heavy (non-hydrogen) atoms. The molecule has 1 aromatic carbocycles. The van der Waals surface area contributed by atoms with Gasteiger partial charge in [0, 0.05) is 6.54 Å². The fraction of sp³-hybridized carbons (Fsp3) is 0.312. The zero-order chi connectivity index (χ0) is 18.0. The van der Waals surface area contributed by atoms with Gasteiger partial charge in [0.25, 0.3) is 10.0 Å². The third kappa shape index (κ3) is 3.87. The first kappa shape index (κ1) is 18.3. The lowest BCUT2D eigenvalue weighted by Gasteiger charge is -2.33. The topological polar surface area (TPSA) is 66.5 Å². The van der Waals surface area contributed by atoms with Crippen molar-refractivity contribution in [2.75, 3.05) is 11.9 Å². The molecule has 0 bridgehead atoms. The first-order valence-corrected chi connectivity index (χ1v) is 10.4. The Morgan fingerprint density at radius 2 is 2.00 bits per heavy atom. The molecule has 0 aliphatic carbocycles. The second-order valence-corrected chi connectivity index (χ2v) is 9.49. The summed E-state index contributed by atoms with van der Waals surface area (Å²) in [7, 11) is -3.82. The van der Waals surface area contributed by atoms with Crippen LogP contribution in [0.5, 0.6) is 0 Å². The van der Waals surface area contributed by atoms with Gasteiger partial charge in [0.1, 0.15) is 16.1 Å². The Bertz CT molecular complexity index is 885. The number of para-hydroxylation sites is 1. The molecule has 3 rings (SSSR count). The van der Waals surface area contributed by atoms with Crippen molar-refractivity contribution >= 4 is 44.6 Å². The number of nitrogens with zero attached hydrogens (tertiary/aromatic N) is 1. The van der Waals surface area contributed by atoms with E-state index in [1.165, 1.54) is 34.6 Å². The second-order valence-electron chi connectivity index (χ2n) is 5.65.